The summed E-state index contributed by atoms with van der Waals surface area (Å²) in [5.74, 6) is -0.246. The fourth-order valence-electron chi connectivity index (χ4n) is 2.97. The molecule has 0 atom stereocenters. The van der Waals surface area contributed by atoms with Gasteiger partial charge in [0.2, 0.25) is 0 Å². The Balaban J connectivity index is 1.68. The van der Waals surface area contributed by atoms with Crippen molar-refractivity contribution in [3.63, 3.8) is 0 Å². The Hall–Kier alpha value is -3.87. The van der Waals surface area contributed by atoms with Crippen molar-refractivity contribution >= 4 is 16.7 Å². The summed E-state index contributed by atoms with van der Waals surface area (Å²) < 4.78 is 1.41. The molecule has 138 valence electrons. The van der Waals surface area contributed by atoms with Crippen LogP contribution < -0.4 is 10.9 Å². The smallest absolute Gasteiger partial charge is 0.274 e. The minimum Gasteiger partial charge on any atom is -0.346 e. The first-order valence-electron chi connectivity index (χ1n) is 8.78. The molecular weight excluding hydrogens is 354 g/mol. The molecule has 0 saturated heterocycles. The molecule has 28 heavy (non-hydrogen) atoms. The van der Waals surface area contributed by atoms with Crippen LogP contribution in [0.1, 0.15) is 21.6 Å². The molecule has 4 aromatic rings. The minimum absolute atomic E-state index is 0.179. The SMILES string of the molecule is O=C(NCc1nn(Cc2cccnc2)c(=O)c2ccccc12)c1cccnc1. The summed E-state index contributed by atoms with van der Waals surface area (Å²) in [6, 6.07) is 14.4. The van der Waals surface area contributed by atoms with Gasteiger partial charge in [0, 0.05) is 30.2 Å². The number of rotatable bonds is 5. The molecule has 0 aliphatic rings. The average Bonchev–Trinajstić information content (AvgIpc) is 2.76. The van der Waals surface area contributed by atoms with Gasteiger partial charge in [-0.25, -0.2) is 4.68 Å². The zero-order chi connectivity index (χ0) is 19.3. The number of hydrogen-bond acceptors (Lipinski definition) is 5. The summed E-state index contributed by atoms with van der Waals surface area (Å²) in [6.07, 6.45) is 6.50. The van der Waals surface area contributed by atoms with E-state index in [4.69, 9.17) is 0 Å². The van der Waals surface area contributed by atoms with E-state index in [1.807, 2.05) is 30.3 Å². The second kappa shape index (κ2) is 7.79. The van der Waals surface area contributed by atoms with Crippen LogP contribution in [-0.4, -0.2) is 25.7 Å². The van der Waals surface area contributed by atoms with Gasteiger partial charge in [-0.1, -0.05) is 24.3 Å². The number of aromatic nitrogens is 4. The highest BCUT2D eigenvalue weighted by Gasteiger charge is 2.12. The van der Waals surface area contributed by atoms with Crippen LogP contribution in [0.15, 0.2) is 78.1 Å². The molecule has 7 heteroatoms. The molecule has 0 bridgehead atoms. The molecule has 3 heterocycles. The third kappa shape index (κ3) is 3.64. The second-order valence-electron chi connectivity index (χ2n) is 6.24. The lowest BCUT2D eigenvalue weighted by molar-refractivity contribution is 0.0950. The minimum atomic E-state index is -0.246. The molecule has 1 aromatic carbocycles. The topological polar surface area (TPSA) is 89.8 Å². The van der Waals surface area contributed by atoms with E-state index in [9.17, 15) is 9.59 Å². The molecule has 0 radical (unpaired) electrons. The largest absolute Gasteiger partial charge is 0.346 e. The number of carbonyl (C=O) groups is 1. The first-order valence-corrected chi connectivity index (χ1v) is 8.78. The summed E-state index contributed by atoms with van der Waals surface area (Å²) in [6.45, 7) is 0.503. The maximum atomic E-state index is 12.8. The summed E-state index contributed by atoms with van der Waals surface area (Å²) in [4.78, 5) is 33.2. The average molecular weight is 371 g/mol. The predicted molar refractivity (Wildman–Crippen MR) is 105 cm³/mol. The Bertz CT molecular complexity index is 1170. The van der Waals surface area contributed by atoms with Crippen LogP contribution in [0.5, 0.6) is 0 Å². The molecule has 0 aliphatic carbocycles. The summed E-state index contributed by atoms with van der Waals surface area (Å²) in [7, 11) is 0. The highest BCUT2D eigenvalue weighted by atomic mass is 16.1. The van der Waals surface area contributed by atoms with Crippen LogP contribution in [0.2, 0.25) is 0 Å². The normalized spacial score (nSPS) is 10.7. The number of nitrogens with one attached hydrogen (secondary N) is 1. The van der Waals surface area contributed by atoms with Gasteiger partial charge in [-0.3, -0.25) is 19.6 Å². The predicted octanol–water partition coefficient (Wildman–Crippen LogP) is 2.16. The van der Waals surface area contributed by atoms with Gasteiger partial charge in [0.15, 0.2) is 0 Å². The summed E-state index contributed by atoms with van der Waals surface area (Å²) in [5, 5.41) is 8.64. The lowest BCUT2D eigenvalue weighted by Crippen LogP contribution is -2.29. The zero-order valence-corrected chi connectivity index (χ0v) is 14.9. The Morgan fingerprint density at radius 1 is 0.929 bits per heavy atom. The molecule has 1 amide bonds. The van der Waals surface area contributed by atoms with Gasteiger partial charge in [-0.2, -0.15) is 5.10 Å². The lowest BCUT2D eigenvalue weighted by atomic mass is 10.1. The van der Waals surface area contributed by atoms with Crippen molar-refractivity contribution in [2.24, 2.45) is 0 Å². The summed E-state index contributed by atoms with van der Waals surface area (Å²) >= 11 is 0. The Morgan fingerprint density at radius 3 is 2.39 bits per heavy atom. The Kier molecular flexibility index (Phi) is 4.88. The Morgan fingerprint density at radius 2 is 1.68 bits per heavy atom. The zero-order valence-electron chi connectivity index (χ0n) is 14.9. The number of fused-ring (bicyclic) bond motifs is 1. The maximum absolute atomic E-state index is 12.8. The first-order chi connectivity index (χ1) is 13.7. The molecule has 0 spiro atoms. The van der Waals surface area contributed by atoms with Crippen LogP contribution in [-0.2, 0) is 13.1 Å². The fourth-order valence-corrected chi connectivity index (χ4v) is 2.97. The van der Waals surface area contributed by atoms with E-state index in [1.165, 1.54) is 10.9 Å². The van der Waals surface area contributed by atoms with Crippen LogP contribution in [0, 0.1) is 0 Å². The van der Waals surface area contributed by atoms with E-state index in [-0.39, 0.29) is 18.0 Å². The first kappa shape index (κ1) is 17.5. The van der Waals surface area contributed by atoms with Crippen molar-refractivity contribution < 1.29 is 4.79 Å². The van der Waals surface area contributed by atoms with E-state index >= 15 is 0 Å². The van der Waals surface area contributed by atoms with Crippen LogP contribution in [0.25, 0.3) is 10.8 Å². The molecule has 7 nitrogen and oxygen atoms in total. The molecule has 4 rings (SSSR count). The van der Waals surface area contributed by atoms with E-state index in [0.717, 1.165) is 10.9 Å². The molecule has 0 aliphatic heterocycles. The number of pyridine rings is 2. The highest BCUT2D eigenvalue weighted by Crippen LogP contribution is 2.14. The van der Waals surface area contributed by atoms with E-state index in [0.29, 0.717) is 23.2 Å². The molecule has 0 saturated carbocycles. The van der Waals surface area contributed by atoms with Gasteiger partial charge < -0.3 is 5.32 Å². The van der Waals surface area contributed by atoms with Gasteiger partial charge in [-0.05, 0) is 29.8 Å². The maximum Gasteiger partial charge on any atom is 0.274 e. The molecule has 0 fully saturated rings. The van der Waals surface area contributed by atoms with Gasteiger partial charge in [0.05, 0.1) is 29.7 Å². The quantitative estimate of drug-likeness (QED) is 0.581. The highest BCUT2D eigenvalue weighted by molar-refractivity contribution is 5.94. The molecule has 0 unspecified atom stereocenters. The molecule has 3 aromatic heterocycles. The van der Waals surface area contributed by atoms with E-state index in [1.54, 1.807) is 36.8 Å². The van der Waals surface area contributed by atoms with Gasteiger partial charge in [-0.15, -0.1) is 0 Å². The van der Waals surface area contributed by atoms with Crippen LogP contribution >= 0.6 is 0 Å². The fraction of sp³-hybridized carbons (Fsp3) is 0.0952. The summed E-state index contributed by atoms with van der Waals surface area (Å²) in [5.41, 5.74) is 1.78. The van der Waals surface area contributed by atoms with Crippen molar-refractivity contribution in [2.75, 3.05) is 0 Å². The number of nitrogens with zero attached hydrogens (tertiary/aromatic N) is 4. The molecule has 1 N–H and O–H groups in total. The third-order valence-corrected chi connectivity index (χ3v) is 4.34. The Labute approximate surface area is 160 Å². The third-order valence-electron chi connectivity index (χ3n) is 4.34. The monoisotopic (exact) mass is 371 g/mol. The van der Waals surface area contributed by atoms with Gasteiger partial charge >= 0.3 is 0 Å². The van der Waals surface area contributed by atoms with Crippen LogP contribution in [0.4, 0.5) is 0 Å². The van der Waals surface area contributed by atoms with Gasteiger partial charge in [0.25, 0.3) is 11.5 Å². The van der Waals surface area contributed by atoms with Crippen molar-refractivity contribution in [3.8, 4) is 0 Å². The van der Waals surface area contributed by atoms with Gasteiger partial charge in [0.1, 0.15) is 0 Å². The number of hydrogen-bond donors (Lipinski definition) is 1. The number of carbonyl (C=O) groups excluding carboxylic acids is 1. The standard InChI is InChI=1S/C21H17N5O2/c27-20(16-6-4-10-23-12-16)24-13-19-17-7-1-2-8-18(17)21(28)26(25-19)14-15-5-3-9-22-11-15/h1-12H,13-14H2,(H,24,27). The number of benzene rings is 1. The van der Waals surface area contributed by atoms with Crippen molar-refractivity contribution in [3.05, 3.63) is 100 Å². The van der Waals surface area contributed by atoms with Crippen LogP contribution in [0.3, 0.4) is 0 Å². The lowest BCUT2D eigenvalue weighted by Gasteiger charge is -2.12. The van der Waals surface area contributed by atoms with Crippen molar-refractivity contribution in [1.82, 2.24) is 25.1 Å². The molecular formula is C21H17N5O2. The second-order valence-corrected chi connectivity index (χ2v) is 6.24. The van der Waals surface area contributed by atoms with Crippen molar-refractivity contribution in [1.29, 1.82) is 0 Å². The van der Waals surface area contributed by atoms with Crippen molar-refractivity contribution in [2.45, 2.75) is 13.1 Å². The van der Waals surface area contributed by atoms with E-state index < -0.39 is 0 Å². The number of amides is 1. The van der Waals surface area contributed by atoms with E-state index in [2.05, 4.69) is 20.4 Å².